The van der Waals surface area contributed by atoms with Gasteiger partial charge in [0, 0.05) is 13.7 Å². The molecule has 1 fully saturated rings. The Bertz CT molecular complexity index is 179. The Labute approximate surface area is 89.3 Å². The van der Waals surface area contributed by atoms with Gasteiger partial charge in [-0.1, -0.05) is 13.3 Å². The highest BCUT2D eigenvalue weighted by atomic mass is 19.1. The quantitative estimate of drug-likeness (QED) is 0.677. The monoisotopic (exact) mass is 222 g/mol. The molecule has 0 spiro atoms. The number of ether oxygens (including phenoxy) is 3. The van der Waals surface area contributed by atoms with Crippen LogP contribution in [-0.2, 0) is 14.2 Å². The average Bonchev–Trinajstić information content (AvgIpc) is 2.52. The molecule has 1 aliphatic heterocycles. The van der Waals surface area contributed by atoms with Gasteiger partial charge in [0.25, 0.3) is 0 Å². The van der Waals surface area contributed by atoms with Crippen LogP contribution in [0.5, 0.6) is 0 Å². The Kier molecular flexibility index (Phi) is 5.45. The molecule has 0 aromatic rings. The van der Waals surface area contributed by atoms with Gasteiger partial charge in [0.1, 0.15) is 12.2 Å². The van der Waals surface area contributed by atoms with E-state index >= 15 is 0 Å². The van der Waals surface area contributed by atoms with Crippen LogP contribution in [0, 0.1) is 0 Å². The first kappa shape index (κ1) is 12.8. The molecule has 4 nitrogen and oxygen atoms in total. The molecule has 0 radical (unpaired) electrons. The van der Waals surface area contributed by atoms with Crippen molar-refractivity contribution in [1.82, 2.24) is 0 Å². The van der Waals surface area contributed by atoms with Crippen molar-refractivity contribution in [3.8, 4) is 0 Å². The van der Waals surface area contributed by atoms with Crippen LogP contribution in [0.1, 0.15) is 19.8 Å². The smallest absolute Gasteiger partial charge is 0.191 e. The molecule has 0 aromatic carbocycles. The van der Waals surface area contributed by atoms with Gasteiger partial charge in [-0.25, -0.2) is 4.39 Å². The minimum atomic E-state index is -1.49. The lowest BCUT2D eigenvalue weighted by Crippen LogP contribution is -2.32. The van der Waals surface area contributed by atoms with Crippen LogP contribution >= 0.6 is 0 Å². The van der Waals surface area contributed by atoms with E-state index < -0.39 is 24.7 Å². The zero-order chi connectivity index (χ0) is 11.3. The molecule has 1 saturated heterocycles. The van der Waals surface area contributed by atoms with Gasteiger partial charge in [0.2, 0.25) is 0 Å². The maximum absolute atomic E-state index is 13.3. The van der Waals surface area contributed by atoms with Crippen LogP contribution < -0.4 is 0 Å². The maximum Gasteiger partial charge on any atom is 0.191 e. The molecule has 0 aliphatic carbocycles. The van der Waals surface area contributed by atoms with E-state index in [1.54, 1.807) is 0 Å². The average molecular weight is 222 g/mol. The normalized spacial score (nSPS) is 36.0. The molecule has 0 saturated carbocycles. The van der Waals surface area contributed by atoms with Crippen LogP contribution in [-0.4, -0.2) is 50.1 Å². The molecule has 1 aliphatic rings. The first-order chi connectivity index (χ1) is 7.20. The van der Waals surface area contributed by atoms with Gasteiger partial charge in [-0.2, -0.15) is 0 Å². The van der Waals surface area contributed by atoms with E-state index in [0.29, 0.717) is 6.61 Å². The van der Waals surface area contributed by atoms with E-state index in [2.05, 4.69) is 6.92 Å². The van der Waals surface area contributed by atoms with Crippen molar-refractivity contribution in [3.05, 3.63) is 0 Å². The predicted octanol–water partition coefficient (Wildman–Crippen LogP) is 0.873. The highest BCUT2D eigenvalue weighted by molar-refractivity contribution is 4.86. The number of hydrogen-bond acceptors (Lipinski definition) is 4. The number of hydrogen-bond donors (Lipinski definition) is 1. The summed E-state index contributed by atoms with van der Waals surface area (Å²) in [7, 11) is 1.35. The third kappa shape index (κ3) is 3.38. The lowest BCUT2D eigenvalue weighted by atomic mass is 10.2. The van der Waals surface area contributed by atoms with Crippen LogP contribution in [0.2, 0.25) is 0 Å². The zero-order valence-electron chi connectivity index (χ0n) is 9.19. The minimum Gasteiger partial charge on any atom is -0.387 e. The fraction of sp³-hybridized carbons (Fsp3) is 1.00. The van der Waals surface area contributed by atoms with Crippen molar-refractivity contribution >= 4 is 0 Å². The van der Waals surface area contributed by atoms with Crippen LogP contribution in [0.15, 0.2) is 0 Å². The second-order valence-corrected chi connectivity index (χ2v) is 3.64. The molecule has 0 amide bonds. The largest absolute Gasteiger partial charge is 0.387 e. The van der Waals surface area contributed by atoms with E-state index in [0.717, 1.165) is 12.8 Å². The summed E-state index contributed by atoms with van der Waals surface area (Å²) in [5.74, 6) is 0. The number of unbranched alkanes of at least 4 members (excludes halogenated alkanes) is 1. The number of alkyl halides is 1. The Morgan fingerprint density at radius 3 is 2.73 bits per heavy atom. The first-order valence-corrected chi connectivity index (χ1v) is 5.28. The lowest BCUT2D eigenvalue weighted by Gasteiger charge is -2.13. The minimum absolute atomic E-state index is 0.210. The van der Waals surface area contributed by atoms with Gasteiger partial charge in [0.05, 0.1) is 6.61 Å². The van der Waals surface area contributed by atoms with Gasteiger partial charge in [0.15, 0.2) is 12.5 Å². The summed E-state index contributed by atoms with van der Waals surface area (Å²) >= 11 is 0. The first-order valence-electron chi connectivity index (χ1n) is 5.28. The summed E-state index contributed by atoms with van der Waals surface area (Å²) in [5, 5.41) is 9.46. The molecule has 4 unspecified atom stereocenters. The number of halogens is 1. The third-order valence-corrected chi connectivity index (χ3v) is 2.43. The van der Waals surface area contributed by atoms with Gasteiger partial charge in [-0.3, -0.25) is 0 Å². The van der Waals surface area contributed by atoms with Gasteiger partial charge in [-0.15, -0.1) is 0 Å². The molecule has 0 bridgehead atoms. The summed E-state index contributed by atoms with van der Waals surface area (Å²) in [6.45, 7) is 2.88. The Balaban J connectivity index is 2.25. The Morgan fingerprint density at radius 1 is 1.47 bits per heavy atom. The van der Waals surface area contributed by atoms with E-state index in [1.165, 1.54) is 7.11 Å². The van der Waals surface area contributed by atoms with Crippen molar-refractivity contribution in [1.29, 1.82) is 0 Å². The summed E-state index contributed by atoms with van der Waals surface area (Å²) < 4.78 is 28.4. The molecule has 15 heavy (non-hydrogen) atoms. The molecule has 1 rings (SSSR count). The maximum atomic E-state index is 13.3. The standard InChI is InChI=1S/C10H19FO4/c1-3-4-5-14-6-7-9(12)8(11)10(13-2)15-7/h7-10,12H,3-6H2,1-2H3. The van der Waals surface area contributed by atoms with Crippen molar-refractivity contribution in [2.24, 2.45) is 0 Å². The van der Waals surface area contributed by atoms with Crippen molar-refractivity contribution in [3.63, 3.8) is 0 Å². The second kappa shape index (κ2) is 6.37. The summed E-state index contributed by atoms with van der Waals surface area (Å²) in [6.07, 6.45) is -2.25. The number of rotatable bonds is 6. The van der Waals surface area contributed by atoms with Gasteiger partial charge in [-0.05, 0) is 6.42 Å². The van der Waals surface area contributed by atoms with E-state index in [1.807, 2.05) is 0 Å². The van der Waals surface area contributed by atoms with E-state index in [9.17, 15) is 9.50 Å². The highest BCUT2D eigenvalue weighted by Crippen LogP contribution is 2.24. The summed E-state index contributed by atoms with van der Waals surface area (Å²) in [6, 6.07) is 0. The predicted molar refractivity (Wildman–Crippen MR) is 52.3 cm³/mol. The molecular weight excluding hydrogens is 203 g/mol. The zero-order valence-corrected chi connectivity index (χ0v) is 9.19. The molecule has 1 N–H and O–H groups in total. The van der Waals surface area contributed by atoms with E-state index in [-0.39, 0.29) is 6.61 Å². The Morgan fingerprint density at radius 2 is 2.20 bits per heavy atom. The summed E-state index contributed by atoms with van der Waals surface area (Å²) in [4.78, 5) is 0. The molecule has 90 valence electrons. The second-order valence-electron chi connectivity index (χ2n) is 3.64. The fourth-order valence-electron chi connectivity index (χ4n) is 1.46. The lowest BCUT2D eigenvalue weighted by molar-refractivity contribution is -0.145. The number of aliphatic hydroxyl groups is 1. The molecule has 4 atom stereocenters. The van der Waals surface area contributed by atoms with E-state index in [4.69, 9.17) is 14.2 Å². The van der Waals surface area contributed by atoms with Crippen molar-refractivity contribution < 1.29 is 23.7 Å². The highest BCUT2D eigenvalue weighted by Gasteiger charge is 2.44. The fourth-order valence-corrected chi connectivity index (χ4v) is 1.46. The Hall–Kier alpha value is -0.230. The van der Waals surface area contributed by atoms with Crippen LogP contribution in [0.25, 0.3) is 0 Å². The number of methoxy groups -OCH3 is 1. The van der Waals surface area contributed by atoms with Crippen molar-refractivity contribution in [2.75, 3.05) is 20.3 Å². The topological polar surface area (TPSA) is 47.9 Å². The molecular formula is C10H19FO4. The SMILES string of the molecule is CCCCOCC1OC(OC)C(F)C1O. The van der Waals surface area contributed by atoms with Crippen molar-refractivity contribution in [2.45, 2.75) is 44.4 Å². The van der Waals surface area contributed by atoms with Gasteiger partial charge < -0.3 is 19.3 Å². The molecule has 1 heterocycles. The van der Waals surface area contributed by atoms with Crippen LogP contribution in [0.3, 0.4) is 0 Å². The van der Waals surface area contributed by atoms with Crippen LogP contribution in [0.4, 0.5) is 4.39 Å². The molecule has 0 aromatic heterocycles. The molecule has 5 heteroatoms. The van der Waals surface area contributed by atoms with Gasteiger partial charge >= 0.3 is 0 Å². The third-order valence-electron chi connectivity index (χ3n) is 2.43. The number of aliphatic hydroxyl groups excluding tert-OH is 1. The summed E-state index contributed by atoms with van der Waals surface area (Å²) in [5.41, 5.74) is 0.